The predicted molar refractivity (Wildman–Crippen MR) is 251 cm³/mol. The molecule has 10 aliphatic rings. The molecule has 4 aliphatic carbocycles. The molecule has 76 heavy (non-hydrogen) atoms. The Labute approximate surface area is 440 Å². The summed E-state index contributed by atoms with van der Waals surface area (Å²) in [6, 6.07) is 0. The van der Waals surface area contributed by atoms with Crippen molar-refractivity contribution in [2.75, 3.05) is 33.0 Å². The third kappa shape index (κ3) is 9.75. The Hall–Kier alpha value is -1.00. The van der Waals surface area contributed by atoms with Gasteiger partial charge in [0.1, 0.15) is 97.7 Å². The van der Waals surface area contributed by atoms with Crippen LogP contribution in [0.15, 0.2) is 0 Å². The predicted octanol–water partition coefficient (Wildman–Crippen LogP) is -4.97. The van der Waals surface area contributed by atoms with Crippen LogP contribution in [0.2, 0.25) is 0 Å². The number of aliphatic hydroxyl groups excluding tert-OH is 15. The topological polar surface area (TPSA) is 396 Å². The monoisotopic (exact) mass is 1100 g/mol. The molecule has 10 fully saturated rings. The van der Waals surface area contributed by atoms with Gasteiger partial charge in [-0.25, -0.2) is 0 Å². The summed E-state index contributed by atoms with van der Waals surface area (Å²) >= 11 is 0. The van der Waals surface area contributed by atoms with Gasteiger partial charge in [-0.2, -0.15) is 0 Å². The molecule has 10 rings (SSSR count). The highest BCUT2D eigenvalue weighted by Crippen LogP contribution is 2.71. The summed E-state index contributed by atoms with van der Waals surface area (Å²) in [4.78, 5) is 0. The molecule has 0 aromatic rings. The molecule has 0 aromatic heterocycles. The highest BCUT2D eigenvalue weighted by Gasteiger charge is 2.70. The van der Waals surface area contributed by atoms with Gasteiger partial charge in [0, 0.05) is 12.3 Å². The van der Waals surface area contributed by atoms with E-state index in [1.165, 1.54) is 0 Å². The van der Waals surface area contributed by atoms with Gasteiger partial charge < -0.3 is 124 Å². The Morgan fingerprint density at radius 1 is 0.474 bits per heavy atom. The highest BCUT2D eigenvalue weighted by atomic mass is 16.8. The van der Waals surface area contributed by atoms with Crippen LogP contribution in [0.3, 0.4) is 0 Å². The molecule has 0 aromatic carbocycles. The van der Waals surface area contributed by atoms with Gasteiger partial charge in [0.2, 0.25) is 0 Å². The summed E-state index contributed by atoms with van der Waals surface area (Å²) < 4.78 is 60.7. The quantitative estimate of drug-likeness (QED) is 0.0814. The summed E-state index contributed by atoms with van der Waals surface area (Å²) in [7, 11) is 0. The lowest BCUT2D eigenvalue weighted by Crippen LogP contribution is -2.68. The van der Waals surface area contributed by atoms with Crippen LogP contribution in [0.25, 0.3) is 0 Å². The summed E-state index contributed by atoms with van der Waals surface area (Å²) in [5, 5.41) is 164. The van der Waals surface area contributed by atoms with Crippen molar-refractivity contribution in [1.29, 1.82) is 0 Å². The van der Waals surface area contributed by atoms with Gasteiger partial charge in [0.05, 0.1) is 57.5 Å². The molecule has 0 bridgehead atoms. The molecule has 25 nitrogen and oxygen atoms in total. The lowest BCUT2D eigenvalue weighted by Gasteiger charge is -2.63. The Morgan fingerprint density at radius 3 is 1.58 bits per heavy atom. The van der Waals surface area contributed by atoms with E-state index in [2.05, 4.69) is 27.7 Å². The van der Waals surface area contributed by atoms with Crippen molar-refractivity contribution in [2.45, 2.75) is 232 Å². The van der Waals surface area contributed by atoms with E-state index in [9.17, 15) is 76.6 Å². The Balaban J connectivity index is 0.826. The van der Waals surface area contributed by atoms with Crippen LogP contribution in [-0.4, -0.2) is 263 Å². The van der Waals surface area contributed by atoms with E-state index < -0.39 is 179 Å². The summed E-state index contributed by atoms with van der Waals surface area (Å²) in [5.74, 6) is 0.941. The molecule has 438 valence electrons. The van der Waals surface area contributed by atoms with E-state index in [4.69, 9.17) is 47.4 Å². The molecule has 34 atom stereocenters. The van der Waals surface area contributed by atoms with E-state index in [0.717, 1.165) is 32.1 Å². The third-order valence-corrected chi connectivity index (χ3v) is 20.4. The molecule has 25 heteroatoms. The molecule has 6 heterocycles. The zero-order chi connectivity index (χ0) is 54.7. The number of hydrogen-bond acceptors (Lipinski definition) is 25. The first-order chi connectivity index (χ1) is 36.0. The third-order valence-electron chi connectivity index (χ3n) is 20.4. The van der Waals surface area contributed by atoms with Gasteiger partial charge in [-0.05, 0) is 91.3 Å². The summed E-state index contributed by atoms with van der Waals surface area (Å²) in [6.07, 6.45) is -33.7. The van der Waals surface area contributed by atoms with Crippen molar-refractivity contribution in [3.8, 4) is 0 Å². The zero-order valence-corrected chi connectivity index (χ0v) is 43.4. The van der Waals surface area contributed by atoms with Gasteiger partial charge >= 0.3 is 0 Å². The molecular formula is C51H84O25. The van der Waals surface area contributed by atoms with Crippen molar-refractivity contribution >= 4 is 0 Å². The number of aliphatic hydroxyl groups is 15. The maximum absolute atomic E-state index is 12.1. The molecule has 15 N–H and O–H groups in total. The normalized spacial score (nSPS) is 58.4. The standard InChI is InChI=1S/C51H84O25/c1-18-5-8-51(67-17-18)19(2)32-27(76-51)10-22-20-9-24(56)23-11-26(25(57)12-50(23,4)21(20)6-7-49(22,32)3)68-45-40(65)37(62)42(30(15-54)71-45)74-48-44(75-47-39(64)36(61)34(59)29(14-53)70-47)41(66)43(31(16-55)72-48)73-46-38(63)35(60)33(58)28(13-52)69-46/h18-48,52-66H,5-17H2,1-4H3/t18-,19+,20-,21+,22+,23-,24-,25-,26-,27+,28-,29-,30-,31-,32+,33-,34-,35+,36+,37-,38-,39-,40-,41+,42-,43-,44-,45-,46+,47+,48+,49+,50-,51-/m1/s1. The van der Waals surface area contributed by atoms with Gasteiger partial charge in [-0.3, -0.25) is 0 Å². The number of ether oxygens (including phenoxy) is 10. The molecule has 0 unspecified atom stereocenters. The molecule has 0 amide bonds. The average Bonchev–Trinajstić information content (AvgIpc) is 3.97. The maximum Gasteiger partial charge on any atom is 0.187 e. The minimum Gasteiger partial charge on any atom is -0.394 e. The molecule has 6 aliphatic heterocycles. The van der Waals surface area contributed by atoms with Crippen LogP contribution in [-0.2, 0) is 47.4 Å². The van der Waals surface area contributed by atoms with Crippen LogP contribution in [0.1, 0.15) is 79.1 Å². The van der Waals surface area contributed by atoms with Gasteiger partial charge in [0.15, 0.2) is 30.9 Å². The first-order valence-electron chi connectivity index (χ1n) is 27.5. The second kappa shape index (κ2) is 22.3. The molecule has 1 spiro atoms. The second-order valence-corrected chi connectivity index (χ2v) is 24.6. The SMILES string of the molecule is C[C@@H]1CC[C@@]2(OC1)O[C@H]1C[C@H]3[C@@H]4C[C@@H](O)[C@H]5C[C@@H](O[C@@H]6O[C@H](CO)[C@@H](O[C@@H]7O[C@H](CO)[C@@H](O[C@@H]8O[C@H](CO)[C@@H](O)[C@H](O)[C@H]8O)[C@H](O)[C@H]7O[C@@H]7O[C@H](CO)[C@@H](O)[C@H](O)[C@H]7O)[C@H](O)[C@H]6O)[C@H](O)C[C@]5(C)[C@H]4CC[C@]3(C)[C@H]1[C@@H]2C. The van der Waals surface area contributed by atoms with E-state index >= 15 is 0 Å². The first kappa shape index (κ1) is 58.2. The Bertz CT molecular complexity index is 1950. The number of fused-ring (bicyclic) bond motifs is 7. The fourth-order valence-electron chi connectivity index (χ4n) is 16.3. The second-order valence-electron chi connectivity index (χ2n) is 24.6. The van der Waals surface area contributed by atoms with Crippen molar-refractivity contribution in [2.24, 2.45) is 52.3 Å². The zero-order valence-electron chi connectivity index (χ0n) is 43.4. The molecule has 4 saturated carbocycles. The van der Waals surface area contributed by atoms with E-state index in [1.807, 2.05) is 0 Å². The Morgan fingerprint density at radius 2 is 1.00 bits per heavy atom. The lowest BCUT2D eigenvalue weighted by atomic mass is 9.43. The van der Waals surface area contributed by atoms with Gasteiger partial charge in [-0.15, -0.1) is 0 Å². The molecule has 6 saturated heterocycles. The van der Waals surface area contributed by atoms with Gasteiger partial charge in [-0.1, -0.05) is 27.7 Å². The van der Waals surface area contributed by atoms with Crippen LogP contribution in [0.5, 0.6) is 0 Å². The van der Waals surface area contributed by atoms with Crippen LogP contribution in [0, 0.1) is 52.3 Å². The number of rotatable bonds is 12. The minimum atomic E-state index is -2.10. The van der Waals surface area contributed by atoms with Crippen molar-refractivity contribution in [1.82, 2.24) is 0 Å². The van der Waals surface area contributed by atoms with Crippen LogP contribution >= 0.6 is 0 Å². The molecular weight excluding hydrogens is 1010 g/mol. The van der Waals surface area contributed by atoms with Gasteiger partial charge in [0.25, 0.3) is 0 Å². The van der Waals surface area contributed by atoms with E-state index in [1.54, 1.807) is 0 Å². The molecule has 0 radical (unpaired) electrons. The highest BCUT2D eigenvalue weighted by molar-refractivity contribution is 5.17. The van der Waals surface area contributed by atoms with E-state index in [-0.39, 0.29) is 48.0 Å². The average molecular weight is 1100 g/mol. The lowest BCUT2D eigenvalue weighted by molar-refractivity contribution is -0.403. The number of hydrogen-bond donors (Lipinski definition) is 15. The minimum absolute atomic E-state index is 0.00102. The maximum atomic E-state index is 12.1. The van der Waals surface area contributed by atoms with Crippen molar-refractivity contribution in [3.63, 3.8) is 0 Å². The van der Waals surface area contributed by atoms with Crippen LogP contribution < -0.4 is 0 Å². The fraction of sp³-hybridized carbons (Fsp3) is 1.00. The summed E-state index contributed by atoms with van der Waals surface area (Å²) in [5.41, 5.74) is -0.474. The Kier molecular flexibility index (Phi) is 17.1. The first-order valence-corrected chi connectivity index (χ1v) is 27.5. The van der Waals surface area contributed by atoms with Crippen LogP contribution in [0.4, 0.5) is 0 Å². The van der Waals surface area contributed by atoms with Crippen molar-refractivity contribution < 1.29 is 124 Å². The fourth-order valence-corrected chi connectivity index (χ4v) is 16.3. The smallest absolute Gasteiger partial charge is 0.187 e. The largest absolute Gasteiger partial charge is 0.394 e. The summed E-state index contributed by atoms with van der Waals surface area (Å²) in [6.45, 7) is 6.20. The van der Waals surface area contributed by atoms with E-state index in [0.29, 0.717) is 30.8 Å². The van der Waals surface area contributed by atoms with Crippen molar-refractivity contribution in [3.05, 3.63) is 0 Å².